The van der Waals surface area contributed by atoms with Crippen LogP contribution in [0.1, 0.15) is 226 Å². The van der Waals surface area contributed by atoms with Crippen molar-refractivity contribution in [1.82, 2.24) is 5.32 Å². The smallest absolute Gasteiger partial charge is 0.268 e. The lowest BCUT2D eigenvalue weighted by Gasteiger charge is -2.29. The fourth-order valence-corrected chi connectivity index (χ4v) is 8.16. The lowest BCUT2D eigenvalue weighted by Crippen LogP contribution is -2.45. The van der Waals surface area contributed by atoms with Crippen molar-refractivity contribution in [1.29, 1.82) is 0 Å². The zero-order valence-corrected chi connectivity index (χ0v) is 43.8. The normalized spacial score (nSPS) is 14.6. The standard InChI is InChI=1S/C56H103N2O6P/c1-6-8-10-12-14-16-17-18-19-20-21-22-23-24-25-26-27-28-29-30-31-32-33-34-35-36-37-38-39-40-41-42-44-46-48-50-56(60)57-54(53-64-65(61,62)63-52-51-58(3,4)5)55(59)49-47-45-43-15-13-11-9-7-2/h8,10,13-16,18-19,21-22,47,49,54-55,59H,6-7,9,11-12,17,20,23-46,48,50-53H2,1-5H3,(H-,57,60,61,62)/b10-8-,15-13+,16-14-,19-18-,22-21-,49-47+. The average molecular weight is 931 g/mol. The number of rotatable bonds is 48. The van der Waals surface area contributed by atoms with Crippen LogP contribution >= 0.6 is 7.82 Å². The number of carbonyl (C=O) groups is 1. The molecule has 8 nitrogen and oxygen atoms in total. The third-order valence-corrected chi connectivity index (χ3v) is 12.6. The van der Waals surface area contributed by atoms with Crippen molar-refractivity contribution in [3.05, 3.63) is 72.9 Å². The Hall–Kier alpha value is -2.06. The Morgan fingerprint density at radius 1 is 0.554 bits per heavy atom. The fraction of sp³-hybridized carbons (Fsp3) is 0.768. The van der Waals surface area contributed by atoms with Gasteiger partial charge in [-0.3, -0.25) is 9.36 Å². The second kappa shape index (κ2) is 47.0. The van der Waals surface area contributed by atoms with E-state index in [-0.39, 0.29) is 12.5 Å². The van der Waals surface area contributed by atoms with Crippen LogP contribution in [0, 0.1) is 0 Å². The van der Waals surface area contributed by atoms with Gasteiger partial charge in [0.1, 0.15) is 13.2 Å². The van der Waals surface area contributed by atoms with E-state index in [0.717, 1.165) is 64.2 Å². The van der Waals surface area contributed by atoms with Gasteiger partial charge in [0.05, 0.1) is 39.9 Å². The number of amides is 1. The van der Waals surface area contributed by atoms with Crippen molar-refractivity contribution in [2.75, 3.05) is 40.9 Å². The molecule has 2 N–H and O–H groups in total. The largest absolute Gasteiger partial charge is 0.756 e. The van der Waals surface area contributed by atoms with Gasteiger partial charge in [0, 0.05) is 6.42 Å². The number of likely N-dealkylation sites (N-methyl/N-ethyl adjacent to an activating group) is 1. The predicted octanol–water partition coefficient (Wildman–Crippen LogP) is 15.3. The number of carbonyl (C=O) groups excluding carboxylic acids is 1. The number of allylic oxidation sites excluding steroid dienone is 11. The molecule has 65 heavy (non-hydrogen) atoms. The van der Waals surface area contributed by atoms with Gasteiger partial charge in [-0.1, -0.05) is 228 Å². The molecule has 0 heterocycles. The first-order valence-electron chi connectivity index (χ1n) is 26.8. The number of aliphatic hydroxyl groups excluding tert-OH is 1. The average Bonchev–Trinajstić information content (AvgIpc) is 3.26. The Kier molecular flexibility index (Phi) is 45.5. The molecule has 0 radical (unpaired) electrons. The highest BCUT2D eigenvalue weighted by Gasteiger charge is 2.23. The Balaban J connectivity index is 3.88. The van der Waals surface area contributed by atoms with Crippen LogP contribution < -0.4 is 10.2 Å². The van der Waals surface area contributed by atoms with E-state index in [1.807, 2.05) is 27.2 Å². The van der Waals surface area contributed by atoms with Gasteiger partial charge in [0.25, 0.3) is 7.82 Å². The highest BCUT2D eigenvalue weighted by molar-refractivity contribution is 7.45. The number of nitrogens with one attached hydrogen (secondary N) is 1. The molecule has 0 spiro atoms. The summed E-state index contributed by atoms with van der Waals surface area (Å²) >= 11 is 0. The Morgan fingerprint density at radius 3 is 1.43 bits per heavy atom. The van der Waals surface area contributed by atoms with Crippen LogP contribution in [0.2, 0.25) is 0 Å². The van der Waals surface area contributed by atoms with Crippen LogP contribution in [0.4, 0.5) is 0 Å². The molecule has 3 unspecified atom stereocenters. The molecule has 0 saturated heterocycles. The first kappa shape index (κ1) is 62.9. The van der Waals surface area contributed by atoms with Crippen molar-refractivity contribution in [3.63, 3.8) is 0 Å². The summed E-state index contributed by atoms with van der Waals surface area (Å²) in [5.74, 6) is -0.210. The quantitative estimate of drug-likeness (QED) is 0.0272. The maximum absolute atomic E-state index is 12.8. The molecule has 9 heteroatoms. The summed E-state index contributed by atoms with van der Waals surface area (Å²) in [6.45, 7) is 4.43. The summed E-state index contributed by atoms with van der Waals surface area (Å²) < 4.78 is 23.1. The van der Waals surface area contributed by atoms with E-state index < -0.39 is 26.6 Å². The number of phosphoric acid groups is 1. The lowest BCUT2D eigenvalue weighted by molar-refractivity contribution is -0.870. The van der Waals surface area contributed by atoms with Crippen LogP contribution in [0.25, 0.3) is 0 Å². The number of quaternary nitrogens is 1. The van der Waals surface area contributed by atoms with Gasteiger partial charge >= 0.3 is 0 Å². The Morgan fingerprint density at radius 2 is 0.954 bits per heavy atom. The number of hydrogen-bond donors (Lipinski definition) is 2. The van der Waals surface area contributed by atoms with Gasteiger partial charge in [-0.15, -0.1) is 0 Å². The van der Waals surface area contributed by atoms with Crippen LogP contribution in [-0.4, -0.2) is 68.5 Å². The molecule has 0 aliphatic carbocycles. The number of phosphoric ester groups is 1. The highest BCUT2D eigenvalue weighted by atomic mass is 31.2. The monoisotopic (exact) mass is 931 g/mol. The lowest BCUT2D eigenvalue weighted by atomic mass is 10.0. The number of hydrogen-bond acceptors (Lipinski definition) is 6. The predicted molar refractivity (Wildman–Crippen MR) is 279 cm³/mol. The maximum Gasteiger partial charge on any atom is 0.268 e. The molecule has 0 aromatic heterocycles. The van der Waals surface area contributed by atoms with Crippen LogP contribution in [0.15, 0.2) is 72.9 Å². The summed E-state index contributed by atoms with van der Waals surface area (Å²) in [7, 11) is 1.24. The molecular weight excluding hydrogens is 828 g/mol. The van der Waals surface area contributed by atoms with Crippen molar-refractivity contribution in [3.8, 4) is 0 Å². The summed E-state index contributed by atoms with van der Waals surface area (Å²) in [6.07, 6.45) is 64.5. The van der Waals surface area contributed by atoms with E-state index in [4.69, 9.17) is 9.05 Å². The van der Waals surface area contributed by atoms with Crippen molar-refractivity contribution in [2.24, 2.45) is 0 Å². The van der Waals surface area contributed by atoms with Gasteiger partial charge in [0.15, 0.2) is 0 Å². The first-order chi connectivity index (χ1) is 31.5. The van der Waals surface area contributed by atoms with Crippen molar-refractivity contribution >= 4 is 13.7 Å². The minimum Gasteiger partial charge on any atom is -0.756 e. The van der Waals surface area contributed by atoms with E-state index in [1.165, 1.54) is 141 Å². The van der Waals surface area contributed by atoms with Gasteiger partial charge in [0.2, 0.25) is 5.91 Å². The molecule has 0 aliphatic rings. The van der Waals surface area contributed by atoms with Crippen molar-refractivity contribution in [2.45, 2.75) is 238 Å². The topological polar surface area (TPSA) is 108 Å². The molecule has 1 amide bonds. The van der Waals surface area contributed by atoms with E-state index >= 15 is 0 Å². The zero-order valence-electron chi connectivity index (χ0n) is 42.9. The molecule has 0 saturated carbocycles. The SMILES string of the molecule is CC/C=C\C/C=C\C/C=C\C/C=C\CCCCCCCCCCCCCCCCCCCCCCCCC(=O)NC(COP(=O)([O-])OCC[N+](C)(C)C)C(O)/C=C/CC/C=C/CCCC. The first-order valence-corrected chi connectivity index (χ1v) is 28.3. The molecule has 3 atom stereocenters. The molecule has 378 valence electrons. The van der Waals surface area contributed by atoms with E-state index in [2.05, 4.69) is 79.9 Å². The zero-order chi connectivity index (χ0) is 47.8. The number of aliphatic hydroxyl groups is 1. The molecule has 0 rings (SSSR count). The van der Waals surface area contributed by atoms with Gasteiger partial charge in [-0.25, -0.2) is 0 Å². The van der Waals surface area contributed by atoms with Gasteiger partial charge < -0.3 is 28.8 Å². The number of unbranched alkanes of at least 4 members (excludes halogenated alkanes) is 25. The Labute approximate surface area is 402 Å². The third-order valence-electron chi connectivity index (χ3n) is 11.7. The molecule has 0 fully saturated rings. The fourth-order valence-electron chi connectivity index (χ4n) is 7.44. The molecular formula is C56H103N2O6P. The minimum absolute atomic E-state index is 0.00752. The molecule has 0 bridgehead atoms. The van der Waals surface area contributed by atoms with Gasteiger partial charge in [-0.2, -0.15) is 0 Å². The van der Waals surface area contributed by atoms with Crippen molar-refractivity contribution < 1.29 is 32.9 Å². The summed E-state index contributed by atoms with van der Waals surface area (Å²) in [5, 5.41) is 13.7. The third kappa shape index (κ3) is 49.7. The van der Waals surface area contributed by atoms with Crippen LogP contribution in [-0.2, 0) is 18.4 Å². The van der Waals surface area contributed by atoms with E-state index in [0.29, 0.717) is 17.4 Å². The minimum atomic E-state index is -4.59. The maximum atomic E-state index is 12.8. The van der Waals surface area contributed by atoms with Crippen LogP contribution in [0.3, 0.4) is 0 Å². The molecule has 0 aromatic carbocycles. The summed E-state index contributed by atoms with van der Waals surface area (Å²) in [6, 6.07) is -0.901. The van der Waals surface area contributed by atoms with E-state index in [1.54, 1.807) is 6.08 Å². The Bertz CT molecular complexity index is 1290. The summed E-state index contributed by atoms with van der Waals surface area (Å²) in [4.78, 5) is 25.3. The van der Waals surface area contributed by atoms with E-state index in [9.17, 15) is 19.4 Å². The molecule has 0 aliphatic heterocycles. The van der Waals surface area contributed by atoms with Gasteiger partial charge in [-0.05, 0) is 64.2 Å². The second-order valence-electron chi connectivity index (χ2n) is 19.2. The highest BCUT2D eigenvalue weighted by Crippen LogP contribution is 2.38. The second-order valence-corrected chi connectivity index (χ2v) is 20.6. The molecule has 0 aromatic rings. The van der Waals surface area contributed by atoms with Crippen LogP contribution in [0.5, 0.6) is 0 Å². The number of nitrogens with zero attached hydrogens (tertiary/aromatic N) is 1. The summed E-state index contributed by atoms with van der Waals surface area (Å²) in [5.41, 5.74) is 0.